The minimum atomic E-state index is -0.778. The Balaban J connectivity index is 2.76. The van der Waals surface area contributed by atoms with Crippen molar-refractivity contribution in [3.8, 4) is 0 Å². The highest BCUT2D eigenvalue weighted by Crippen LogP contribution is 2.21. The van der Waals surface area contributed by atoms with E-state index in [0.717, 1.165) is 7.11 Å². The minimum absolute atomic E-state index is 0.141. The molecule has 8 heteroatoms. The molecule has 2 aromatic rings. The highest BCUT2D eigenvalue weighted by Gasteiger charge is 2.23. The fraction of sp³-hybridized carbons (Fsp3) is 0.222. The van der Waals surface area contributed by atoms with E-state index in [4.69, 9.17) is 0 Å². The van der Waals surface area contributed by atoms with Crippen LogP contribution in [0.1, 0.15) is 16.2 Å². The van der Waals surface area contributed by atoms with Crippen molar-refractivity contribution in [3.63, 3.8) is 0 Å². The van der Waals surface area contributed by atoms with E-state index in [9.17, 15) is 14.9 Å². The van der Waals surface area contributed by atoms with E-state index < -0.39 is 10.9 Å². The number of methoxy groups -OCH3 is 1. The number of pyridine rings is 1. The lowest BCUT2D eigenvalue weighted by Gasteiger charge is -2.02. The SMILES string of the molecule is COC(=O)c1cc2nnc(C)n2cc1[N+](=O)[O-]. The number of carbonyl (C=O) groups is 1. The van der Waals surface area contributed by atoms with Crippen LogP contribution in [0, 0.1) is 17.0 Å². The second-order valence-electron chi connectivity index (χ2n) is 3.30. The average molecular weight is 236 g/mol. The molecule has 0 aliphatic heterocycles. The Morgan fingerprint density at radius 3 is 2.82 bits per heavy atom. The molecule has 0 saturated heterocycles. The Morgan fingerprint density at radius 2 is 2.24 bits per heavy atom. The van der Waals surface area contributed by atoms with Gasteiger partial charge in [0, 0.05) is 6.07 Å². The Bertz CT molecular complexity index is 619. The first-order valence-corrected chi connectivity index (χ1v) is 4.62. The molecule has 0 aromatic carbocycles. The maximum atomic E-state index is 11.4. The van der Waals surface area contributed by atoms with E-state index in [2.05, 4.69) is 14.9 Å². The molecular weight excluding hydrogens is 228 g/mol. The Labute approximate surface area is 95.0 Å². The number of aryl methyl sites for hydroxylation is 1. The van der Waals surface area contributed by atoms with Crippen LogP contribution in [-0.4, -0.2) is 32.6 Å². The zero-order valence-electron chi connectivity index (χ0n) is 9.08. The summed E-state index contributed by atoms with van der Waals surface area (Å²) in [5.74, 6) is -0.278. The summed E-state index contributed by atoms with van der Waals surface area (Å²) in [5.41, 5.74) is -0.127. The van der Waals surface area contributed by atoms with Crippen LogP contribution in [0.4, 0.5) is 5.69 Å². The van der Waals surface area contributed by atoms with E-state index in [1.54, 1.807) is 6.92 Å². The first-order chi connectivity index (χ1) is 8.04. The number of esters is 1. The molecule has 2 heterocycles. The van der Waals surface area contributed by atoms with Crippen molar-refractivity contribution in [2.75, 3.05) is 7.11 Å². The molecule has 0 saturated carbocycles. The van der Waals surface area contributed by atoms with Crippen molar-refractivity contribution in [2.45, 2.75) is 6.92 Å². The minimum Gasteiger partial charge on any atom is -0.465 e. The van der Waals surface area contributed by atoms with Gasteiger partial charge in [-0.3, -0.25) is 14.5 Å². The summed E-state index contributed by atoms with van der Waals surface area (Å²) in [4.78, 5) is 21.6. The van der Waals surface area contributed by atoms with Gasteiger partial charge in [-0.05, 0) is 6.92 Å². The van der Waals surface area contributed by atoms with Gasteiger partial charge in [0.15, 0.2) is 5.65 Å². The number of nitro groups is 1. The zero-order valence-corrected chi connectivity index (χ0v) is 9.08. The van der Waals surface area contributed by atoms with E-state index in [1.165, 1.54) is 16.7 Å². The largest absolute Gasteiger partial charge is 0.465 e. The van der Waals surface area contributed by atoms with Crippen LogP contribution >= 0.6 is 0 Å². The van der Waals surface area contributed by atoms with Gasteiger partial charge in [0.05, 0.1) is 18.2 Å². The van der Waals surface area contributed by atoms with Crippen molar-refractivity contribution in [2.24, 2.45) is 0 Å². The number of carbonyl (C=O) groups excluding carboxylic acids is 1. The third kappa shape index (κ3) is 1.69. The summed E-state index contributed by atoms with van der Waals surface area (Å²) in [6, 6.07) is 1.28. The molecule has 17 heavy (non-hydrogen) atoms. The molecular formula is C9H8N4O4. The first-order valence-electron chi connectivity index (χ1n) is 4.62. The first kappa shape index (κ1) is 11.0. The lowest BCUT2D eigenvalue weighted by Crippen LogP contribution is -2.07. The number of aromatic nitrogens is 3. The quantitative estimate of drug-likeness (QED) is 0.433. The summed E-state index contributed by atoms with van der Waals surface area (Å²) in [6.45, 7) is 1.65. The van der Waals surface area contributed by atoms with Gasteiger partial charge in [-0.15, -0.1) is 10.2 Å². The fourth-order valence-electron chi connectivity index (χ4n) is 1.46. The predicted octanol–water partition coefficient (Wildman–Crippen LogP) is 0.733. The van der Waals surface area contributed by atoms with Crippen LogP contribution in [0.25, 0.3) is 5.65 Å². The van der Waals surface area contributed by atoms with Gasteiger partial charge >= 0.3 is 11.7 Å². The maximum absolute atomic E-state index is 11.4. The molecule has 0 unspecified atom stereocenters. The predicted molar refractivity (Wildman–Crippen MR) is 55.7 cm³/mol. The summed E-state index contributed by atoms with van der Waals surface area (Å²) in [6.07, 6.45) is 1.21. The zero-order chi connectivity index (χ0) is 12.6. The second-order valence-corrected chi connectivity index (χ2v) is 3.30. The van der Waals surface area contributed by atoms with Crippen LogP contribution in [0.3, 0.4) is 0 Å². The molecule has 2 aromatic heterocycles. The van der Waals surface area contributed by atoms with Crippen molar-refractivity contribution >= 4 is 17.3 Å². The summed E-state index contributed by atoms with van der Waals surface area (Å²) in [5, 5.41) is 18.4. The van der Waals surface area contributed by atoms with Crippen LogP contribution < -0.4 is 0 Å². The molecule has 0 aliphatic carbocycles. The molecule has 0 radical (unpaired) electrons. The average Bonchev–Trinajstić information content (AvgIpc) is 2.68. The van der Waals surface area contributed by atoms with Gasteiger partial charge in [-0.2, -0.15) is 0 Å². The molecule has 0 N–H and O–H groups in total. The third-order valence-corrected chi connectivity index (χ3v) is 2.30. The van der Waals surface area contributed by atoms with Crippen LogP contribution in [0.2, 0.25) is 0 Å². The lowest BCUT2D eigenvalue weighted by molar-refractivity contribution is -0.385. The Morgan fingerprint density at radius 1 is 1.53 bits per heavy atom. The highest BCUT2D eigenvalue weighted by atomic mass is 16.6. The topological polar surface area (TPSA) is 99.6 Å². The van der Waals surface area contributed by atoms with Gasteiger partial charge in [-0.1, -0.05) is 0 Å². The Kier molecular flexibility index (Phi) is 2.47. The number of rotatable bonds is 2. The molecule has 8 nitrogen and oxygen atoms in total. The van der Waals surface area contributed by atoms with Crippen LogP contribution in [0.15, 0.2) is 12.3 Å². The smallest absolute Gasteiger partial charge is 0.345 e. The fourth-order valence-corrected chi connectivity index (χ4v) is 1.46. The summed E-state index contributed by atoms with van der Waals surface area (Å²) in [7, 11) is 1.16. The summed E-state index contributed by atoms with van der Waals surface area (Å²) >= 11 is 0. The van der Waals surface area contributed by atoms with Crippen molar-refractivity contribution < 1.29 is 14.5 Å². The van der Waals surface area contributed by atoms with Crippen molar-refractivity contribution in [1.82, 2.24) is 14.6 Å². The lowest BCUT2D eigenvalue weighted by atomic mass is 10.2. The van der Waals surface area contributed by atoms with Gasteiger partial charge in [0.1, 0.15) is 11.4 Å². The molecule has 2 rings (SSSR count). The molecule has 0 bridgehead atoms. The van der Waals surface area contributed by atoms with Gasteiger partial charge in [0.25, 0.3) is 0 Å². The monoisotopic (exact) mass is 236 g/mol. The second kappa shape index (κ2) is 3.81. The van der Waals surface area contributed by atoms with Crippen molar-refractivity contribution in [3.05, 3.63) is 33.8 Å². The highest BCUT2D eigenvalue weighted by molar-refractivity contribution is 5.94. The van der Waals surface area contributed by atoms with Gasteiger partial charge < -0.3 is 4.74 Å². The third-order valence-electron chi connectivity index (χ3n) is 2.30. The number of hydrogen-bond acceptors (Lipinski definition) is 6. The molecule has 0 aliphatic rings. The maximum Gasteiger partial charge on any atom is 0.345 e. The van der Waals surface area contributed by atoms with Crippen molar-refractivity contribution in [1.29, 1.82) is 0 Å². The van der Waals surface area contributed by atoms with Crippen LogP contribution in [0.5, 0.6) is 0 Å². The number of ether oxygens (including phenoxy) is 1. The summed E-state index contributed by atoms with van der Waals surface area (Å²) < 4.78 is 5.92. The van der Waals surface area contributed by atoms with E-state index in [1.807, 2.05) is 0 Å². The van der Waals surface area contributed by atoms with E-state index in [0.29, 0.717) is 11.5 Å². The van der Waals surface area contributed by atoms with Gasteiger partial charge in [-0.25, -0.2) is 4.79 Å². The molecule has 0 atom stereocenters. The molecule has 0 amide bonds. The van der Waals surface area contributed by atoms with E-state index in [-0.39, 0.29) is 11.3 Å². The number of hydrogen-bond donors (Lipinski definition) is 0. The van der Waals surface area contributed by atoms with Gasteiger partial charge in [0.2, 0.25) is 0 Å². The molecule has 0 fully saturated rings. The Hall–Kier alpha value is -2.51. The number of fused-ring (bicyclic) bond motifs is 1. The molecule has 0 spiro atoms. The van der Waals surface area contributed by atoms with E-state index >= 15 is 0 Å². The molecule has 88 valence electrons. The normalized spacial score (nSPS) is 10.5. The van der Waals surface area contributed by atoms with Crippen LogP contribution in [-0.2, 0) is 4.74 Å². The number of nitrogens with zero attached hydrogens (tertiary/aromatic N) is 4. The standard InChI is InChI=1S/C9H8N4O4/c1-5-10-11-8-3-6(9(14)17-2)7(13(15)16)4-12(5)8/h3-4H,1-2H3.